The highest BCUT2D eigenvalue weighted by Gasteiger charge is 2.19. The SMILES string of the molecule is CN1CCN(CC(=O)c2ccc(C3CCCC3)cc2)CC1.O=C(O)/C=C\C(=O)O. The Hall–Kier alpha value is -2.51. The summed E-state index contributed by atoms with van der Waals surface area (Å²) in [6, 6.07) is 8.42. The lowest BCUT2D eigenvalue weighted by Crippen LogP contribution is -2.46. The Morgan fingerprint density at radius 2 is 1.45 bits per heavy atom. The summed E-state index contributed by atoms with van der Waals surface area (Å²) >= 11 is 0. The highest BCUT2D eigenvalue weighted by molar-refractivity contribution is 5.97. The standard InChI is InChI=1S/C18H26N2O.C4H4O4/c1-19-10-12-20(13-11-19)14-18(21)17-8-6-16(7-9-17)15-4-2-3-5-15;5-3(6)1-2-4(7)8/h6-9,15H,2-5,10-14H2,1H3;1-2H,(H,5,6)(H,7,8)/b;2-1-. The van der Waals surface area contributed by atoms with Crippen LogP contribution < -0.4 is 0 Å². The minimum absolute atomic E-state index is 0.262. The van der Waals surface area contributed by atoms with Gasteiger partial charge in [-0.1, -0.05) is 37.1 Å². The van der Waals surface area contributed by atoms with E-state index in [0.717, 1.165) is 37.7 Å². The molecule has 0 bridgehead atoms. The number of hydrogen-bond acceptors (Lipinski definition) is 5. The van der Waals surface area contributed by atoms with Gasteiger partial charge in [-0.05, 0) is 31.4 Å². The quantitative estimate of drug-likeness (QED) is 0.557. The zero-order valence-electron chi connectivity index (χ0n) is 16.9. The monoisotopic (exact) mass is 402 g/mol. The molecule has 0 unspecified atom stereocenters. The molecule has 7 nitrogen and oxygen atoms in total. The third kappa shape index (κ3) is 8.17. The second-order valence-electron chi connectivity index (χ2n) is 7.62. The highest BCUT2D eigenvalue weighted by atomic mass is 16.4. The van der Waals surface area contributed by atoms with Crippen molar-refractivity contribution >= 4 is 17.7 Å². The molecule has 0 aromatic heterocycles. The van der Waals surface area contributed by atoms with E-state index >= 15 is 0 Å². The minimum Gasteiger partial charge on any atom is -0.478 e. The molecule has 2 fully saturated rings. The van der Waals surface area contributed by atoms with Gasteiger partial charge in [0.25, 0.3) is 0 Å². The fourth-order valence-corrected chi connectivity index (χ4v) is 3.64. The van der Waals surface area contributed by atoms with Gasteiger partial charge in [0, 0.05) is 43.9 Å². The number of benzene rings is 1. The van der Waals surface area contributed by atoms with Gasteiger partial charge >= 0.3 is 11.9 Å². The summed E-state index contributed by atoms with van der Waals surface area (Å²) in [5.74, 6) is -1.52. The van der Waals surface area contributed by atoms with Crippen molar-refractivity contribution in [3.8, 4) is 0 Å². The molecule has 0 amide bonds. The van der Waals surface area contributed by atoms with E-state index in [2.05, 4.69) is 29.0 Å². The number of rotatable bonds is 6. The topological polar surface area (TPSA) is 98.2 Å². The lowest BCUT2D eigenvalue weighted by Gasteiger charge is -2.31. The van der Waals surface area contributed by atoms with Crippen molar-refractivity contribution in [3.63, 3.8) is 0 Å². The summed E-state index contributed by atoms with van der Waals surface area (Å²) in [4.78, 5) is 36.1. The maximum Gasteiger partial charge on any atom is 0.328 e. The minimum atomic E-state index is -1.26. The van der Waals surface area contributed by atoms with E-state index < -0.39 is 11.9 Å². The van der Waals surface area contributed by atoms with Crippen LogP contribution in [0.3, 0.4) is 0 Å². The largest absolute Gasteiger partial charge is 0.478 e. The van der Waals surface area contributed by atoms with Crippen LogP contribution in [0.2, 0.25) is 0 Å². The molecule has 1 aliphatic heterocycles. The maximum atomic E-state index is 12.4. The molecule has 1 aromatic carbocycles. The molecular weight excluding hydrogens is 372 g/mol. The van der Waals surface area contributed by atoms with Gasteiger partial charge in [-0.25, -0.2) is 9.59 Å². The van der Waals surface area contributed by atoms with Gasteiger partial charge in [-0.3, -0.25) is 9.69 Å². The third-order valence-corrected chi connectivity index (χ3v) is 5.39. The Kier molecular flexibility index (Phi) is 9.02. The molecule has 0 spiro atoms. The number of carbonyl (C=O) groups excluding carboxylic acids is 1. The van der Waals surface area contributed by atoms with Crippen LogP contribution in [0.1, 0.15) is 47.5 Å². The summed E-state index contributed by atoms with van der Waals surface area (Å²) in [6.45, 7) is 4.70. The number of carboxylic acids is 2. The summed E-state index contributed by atoms with van der Waals surface area (Å²) in [5.41, 5.74) is 2.29. The van der Waals surface area contributed by atoms with Crippen molar-refractivity contribution in [2.45, 2.75) is 31.6 Å². The van der Waals surface area contributed by atoms with Gasteiger partial charge < -0.3 is 15.1 Å². The van der Waals surface area contributed by atoms with E-state index in [9.17, 15) is 14.4 Å². The molecule has 1 heterocycles. The lowest BCUT2D eigenvalue weighted by molar-refractivity contribution is -0.134. The first kappa shape index (κ1) is 22.8. The summed E-state index contributed by atoms with van der Waals surface area (Å²) in [7, 11) is 2.14. The zero-order chi connectivity index (χ0) is 21.2. The normalized spacial score (nSPS) is 18.4. The summed E-state index contributed by atoms with van der Waals surface area (Å²) < 4.78 is 0. The first-order valence-electron chi connectivity index (χ1n) is 10.0. The predicted octanol–water partition coefficient (Wildman–Crippen LogP) is 2.49. The van der Waals surface area contributed by atoms with Crippen molar-refractivity contribution in [2.24, 2.45) is 0 Å². The van der Waals surface area contributed by atoms with Crippen molar-refractivity contribution in [1.29, 1.82) is 0 Å². The van der Waals surface area contributed by atoms with Crippen LogP contribution in [-0.2, 0) is 9.59 Å². The second-order valence-corrected chi connectivity index (χ2v) is 7.62. The lowest BCUT2D eigenvalue weighted by atomic mass is 9.96. The zero-order valence-corrected chi connectivity index (χ0v) is 16.9. The Bertz CT molecular complexity index is 699. The van der Waals surface area contributed by atoms with E-state index in [4.69, 9.17) is 10.2 Å². The number of carboxylic acid groups (broad SMARTS) is 2. The molecule has 158 valence electrons. The maximum absolute atomic E-state index is 12.4. The predicted molar refractivity (Wildman–Crippen MR) is 110 cm³/mol. The van der Waals surface area contributed by atoms with Crippen LogP contribution in [0.4, 0.5) is 0 Å². The number of ketones is 1. The van der Waals surface area contributed by atoms with Crippen LogP contribution >= 0.6 is 0 Å². The first-order chi connectivity index (χ1) is 13.8. The molecule has 2 aliphatic rings. The van der Waals surface area contributed by atoms with Crippen molar-refractivity contribution in [2.75, 3.05) is 39.8 Å². The fourth-order valence-electron chi connectivity index (χ4n) is 3.64. The number of likely N-dealkylation sites (N-methyl/N-ethyl adjacent to an activating group) is 1. The molecule has 0 atom stereocenters. The molecule has 1 aromatic rings. The number of piperazine rings is 1. The highest BCUT2D eigenvalue weighted by Crippen LogP contribution is 2.33. The number of carbonyl (C=O) groups is 3. The Morgan fingerprint density at radius 1 is 0.931 bits per heavy atom. The van der Waals surface area contributed by atoms with Crippen LogP contribution in [0.15, 0.2) is 36.4 Å². The molecule has 0 radical (unpaired) electrons. The first-order valence-corrected chi connectivity index (χ1v) is 10.0. The van der Waals surface area contributed by atoms with Crippen molar-refractivity contribution in [3.05, 3.63) is 47.5 Å². The van der Waals surface area contributed by atoms with Crippen LogP contribution in [0.5, 0.6) is 0 Å². The number of aliphatic carboxylic acids is 2. The Labute approximate surface area is 171 Å². The third-order valence-electron chi connectivity index (χ3n) is 5.39. The number of Topliss-reactive ketones (excluding diaryl/α,β-unsaturated/α-hetero) is 1. The van der Waals surface area contributed by atoms with Gasteiger partial charge in [-0.15, -0.1) is 0 Å². The number of nitrogens with zero attached hydrogens (tertiary/aromatic N) is 2. The average molecular weight is 402 g/mol. The fraction of sp³-hybridized carbons (Fsp3) is 0.500. The van der Waals surface area contributed by atoms with E-state index in [-0.39, 0.29) is 5.78 Å². The van der Waals surface area contributed by atoms with Crippen LogP contribution in [0, 0.1) is 0 Å². The Morgan fingerprint density at radius 3 is 1.93 bits per heavy atom. The van der Waals surface area contributed by atoms with Gasteiger partial charge in [0.2, 0.25) is 0 Å². The smallest absolute Gasteiger partial charge is 0.328 e. The van der Waals surface area contributed by atoms with Gasteiger partial charge in [0.05, 0.1) is 6.54 Å². The van der Waals surface area contributed by atoms with E-state index in [1.165, 1.54) is 31.2 Å². The van der Waals surface area contributed by atoms with Crippen molar-refractivity contribution < 1.29 is 24.6 Å². The molecule has 1 saturated heterocycles. The molecule has 3 rings (SSSR count). The van der Waals surface area contributed by atoms with Crippen LogP contribution in [0.25, 0.3) is 0 Å². The Balaban J connectivity index is 0.000000321. The van der Waals surface area contributed by atoms with Gasteiger partial charge in [0.1, 0.15) is 0 Å². The second kappa shape index (κ2) is 11.5. The molecule has 2 N–H and O–H groups in total. The van der Waals surface area contributed by atoms with Gasteiger partial charge in [-0.2, -0.15) is 0 Å². The molecule has 29 heavy (non-hydrogen) atoms. The van der Waals surface area contributed by atoms with E-state index in [1.54, 1.807) is 0 Å². The van der Waals surface area contributed by atoms with Crippen LogP contribution in [-0.4, -0.2) is 77.5 Å². The van der Waals surface area contributed by atoms with Gasteiger partial charge in [0.15, 0.2) is 5.78 Å². The average Bonchev–Trinajstić information content (AvgIpc) is 3.24. The molecule has 7 heteroatoms. The summed E-state index contributed by atoms with van der Waals surface area (Å²) in [5, 5.41) is 15.6. The number of hydrogen-bond donors (Lipinski definition) is 2. The summed E-state index contributed by atoms with van der Waals surface area (Å²) in [6.07, 6.45) is 6.46. The molecule has 1 saturated carbocycles. The van der Waals surface area contributed by atoms with E-state index in [1.807, 2.05) is 12.1 Å². The molecular formula is C22H30N2O5. The van der Waals surface area contributed by atoms with Crippen molar-refractivity contribution in [1.82, 2.24) is 9.80 Å². The van der Waals surface area contributed by atoms with E-state index in [0.29, 0.717) is 18.7 Å². The molecule has 1 aliphatic carbocycles.